The van der Waals surface area contributed by atoms with E-state index >= 15 is 0 Å². The topological polar surface area (TPSA) is 67.6 Å². The molecule has 0 spiro atoms. The second kappa shape index (κ2) is 9.06. The fourth-order valence-electron chi connectivity index (χ4n) is 4.06. The summed E-state index contributed by atoms with van der Waals surface area (Å²) >= 11 is 0. The highest BCUT2D eigenvalue weighted by molar-refractivity contribution is 5.85. The van der Waals surface area contributed by atoms with Gasteiger partial charge in [0.25, 0.3) is 0 Å². The second-order valence-corrected chi connectivity index (χ2v) is 6.92. The summed E-state index contributed by atoms with van der Waals surface area (Å²) in [6.07, 6.45) is 5.32. The lowest BCUT2D eigenvalue weighted by molar-refractivity contribution is -0.169. The zero-order valence-electron chi connectivity index (χ0n) is 14.9. The molecule has 3 aliphatic heterocycles. The Morgan fingerprint density at radius 3 is 2.41 bits per heavy atom. The molecule has 0 saturated carbocycles. The summed E-state index contributed by atoms with van der Waals surface area (Å²) in [5.74, 6) is -0.0256. The lowest BCUT2D eigenvalue weighted by atomic mass is 9.85. The molecule has 1 aromatic carbocycles. The van der Waals surface area contributed by atoms with Crippen molar-refractivity contribution in [2.24, 2.45) is 5.92 Å². The summed E-state index contributed by atoms with van der Waals surface area (Å²) in [4.78, 5) is 15.6. The molecule has 5 rings (SSSR count). The molecule has 2 atom stereocenters. The number of aromatic nitrogens is 2. The number of carbonyl (C=O) groups excluding carboxylic acids is 1. The monoisotopic (exact) mass is 413 g/mol. The van der Waals surface area contributed by atoms with Crippen LogP contribution in [0.5, 0.6) is 0 Å². The van der Waals surface area contributed by atoms with Crippen molar-refractivity contribution < 1.29 is 14.6 Å². The first-order valence-corrected chi connectivity index (χ1v) is 8.84. The molecule has 1 N–H and O–H groups in total. The number of esters is 1. The summed E-state index contributed by atoms with van der Waals surface area (Å²) in [5, 5.41) is 14.5. The molecule has 0 radical (unpaired) electrons. The maximum absolute atomic E-state index is 13.3. The van der Waals surface area contributed by atoms with Gasteiger partial charge in [0.05, 0.1) is 6.61 Å². The Morgan fingerprint density at radius 2 is 1.89 bits per heavy atom. The zero-order valence-corrected chi connectivity index (χ0v) is 16.6. The number of fused-ring (bicyclic) bond motifs is 3. The average molecular weight is 414 g/mol. The Balaban J connectivity index is 0.00000131. The van der Waals surface area contributed by atoms with Gasteiger partial charge in [-0.3, -0.25) is 4.90 Å². The first-order chi connectivity index (χ1) is 12.2. The van der Waals surface area contributed by atoms with E-state index in [1.165, 1.54) is 4.68 Å². The largest absolute Gasteiger partial charge is 0.459 e. The number of aliphatic hydroxyl groups excluding tert-OH is 1. The molecule has 0 amide bonds. The number of ether oxygens (including phenoxy) is 1. The molecular weight excluding hydrogens is 389 g/mol. The first-order valence-electron chi connectivity index (χ1n) is 8.84. The minimum Gasteiger partial charge on any atom is -0.459 e. The molecule has 2 bridgehead atoms. The second-order valence-electron chi connectivity index (χ2n) is 6.92. The van der Waals surface area contributed by atoms with Crippen molar-refractivity contribution in [3.05, 3.63) is 54.4 Å². The minimum absolute atomic E-state index is 0. The van der Waals surface area contributed by atoms with Crippen LogP contribution in [0.15, 0.2) is 48.8 Å². The van der Waals surface area contributed by atoms with E-state index in [1.54, 1.807) is 18.5 Å². The summed E-state index contributed by atoms with van der Waals surface area (Å²) < 4.78 is 7.46. The molecule has 4 heterocycles. The smallest absolute Gasteiger partial charge is 0.341 e. The molecule has 148 valence electrons. The van der Waals surface area contributed by atoms with Crippen molar-refractivity contribution in [3.63, 3.8) is 0 Å². The predicted molar refractivity (Wildman–Crippen MR) is 106 cm³/mol. The minimum atomic E-state index is -1.35. The van der Waals surface area contributed by atoms with Crippen LogP contribution in [-0.4, -0.2) is 58.1 Å². The van der Waals surface area contributed by atoms with Gasteiger partial charge in [-0.1, -0.05) is 30.3 Å². The SMILES string of the molecule is Cl.Cl.O=C(OC1CN2CCC1CC2)C(CO)(c1ccccc1)n1cccn1. The number of hydrogen-bond donors (Lipinski definition) is 1. The third-order valence-corrected chi connectivity index (χ3v) is 5.57. The molecule has 1 aromatic heterocycles. The maximum atomic E-state index is 13.3. The van der Waals surface area contributed by atoms with E-state index in [2.05, 4.69) is 10.00 Å². The van der Waals surface area contributed by atoms with Gasteiger partial charge in [-0.25, -0.2) is 9.48 Å². The van der Waals surface area contributed by atoms with Crippen molar-refractivity contribution >= 4 is 30.8 Å². The van der Waals surface area contributed by atoms with Gasteiger partial charge < -0.3 is 9.84 Å². The summed E-state index contributed by atoms with van der Waals surface area (Å²) in [5.41, 5.74) is -0.677. The van der Waals surface area contributed by atoms with Crippen LogP contribution in [0, 0.1) is 5.92 Å². The fourth-order valence-corrected chi connectivity index (χ4v) is 4.06. The van der Waals surface area contributed by atoms with E-state index in [9.17, 15) is 9.90 Å². The quantitative estimate of drug-likeness (QED) is 0.760. The molecule has 3 fully saturated rings. The molecule has 3 aliphatic rings. The van der Waals surface area contributed by atoms with Gasteiger partial charge in [0, 0.05) is 18.9 Å². The number of piperidine rings is 3. The van der Waals surface area contributed by atoms with Crippen molar-refractivity contribution in [1.29, 1.82) is 0 Å². The van der Waals surface area contributed by atoms with E-state index in [-0.39, 0.29) is 30.9 Å². The predicted octanol–water partition coefficient (Wildman–Crippen LogP) is 2.10. The van der Waals surface area contributed by atoms with Crippen molar-refractivity contribution in [3.8, 4) is 0 Å². The van der Waals surface area contributed by atoms with Crippen LogP contribution in [0.4, 0.5) is 0 Å². The number of aliphatic hydroxyl groups is 1. The molecule has 27 heavy (non-hydrogen) atoms. The van der Waals surface area contributed by atoms with Gasteiger partial charge in [0.15, 0.2) is 0 Å². The lowest BCUT2D eigenvalue weighted by Crippen LogP contribution is -2.55. The molecule has 2 unspecified atom stereocenters. The Bertz CT molecular complexity index is 721. The Morgan fingerprint density at radius 1 is 1.19 bits per heavy atom. The first kappa shape index (κ1) is 21.7. The van der Waals surface area contributed by atoms with Crippen LogP contribution in [0.1, 0.15) is 18.4 Å². The van der Waals surface area contributed by atoms with E-state index in [4.69, 9.17) is 4.74 Å². The maximum Gasteiger partial charge on any atom is 0.341 e. The number of hydrogen-bond acceptors (Lipinski definition) is 5. The highest BCUT2D eigenvalue weighted by Gasteiger charge is 2.47. The van der Waals surface area contributed by atoms with Gasteiger partial charge in [-0.15, -0.1) is 24.8 Å². The van der Waals surface area contributed by atoms with E-state index in [0.717, 1.165) is 32.5 Å². The zero-order chi connectivity index (χ0) is 17.3. The number of rotatable bonds is 5. The van der Waals surface area contributed by atoms with Crippen LogP contribution in [0.2, 0.25) is 0 Å². The van der Waals surface area contributed by atoms with E-state index < -0.39 is 18.1 Å². The molecule has 2 aromatic rings. The van der Waals surface area contributed by atoms with Gasteiger partial charge >= 0.3 is 5.97 Å². The number of carbonyl (C=O) groups is 1. The van der Waals surface area contributed by atoms with Gasteiger partial charge in [-0.2, -0.15) is 5.10 Å². The van der Waals surface area contributed by atoms with E-state index in [1.807, 2.05) is 30.3 Å². The van der Waals surface area contributed by atoms with Gasteiger partial charge in [-0.05, 0) is 43.5 Å². The van der Waals surface area contributed by atoms with Gasteiger partial charge in [0.2, 0.25) is 5.54 Å². The molecule has 0 aliphatic carbocycles. The molecule has 8 heteroatoms. The van der Waals surface area contributed by atoms with Crippen LogP contribution in [0.3, 0.4) is 0 Å². The third-order valence-electron chi connectivity index (χ3n) is 5.57. The van der Waals surface area contributed by atoms with Gasteiger partial charge in [0.1, 0.15) is 6.10 Å². The average Bonchev–Trinajstić information content (AvgIpc) is 3.20. The molecule has 3 saturated heterocycles. The fraction of sp³-hybridized carbons (Fsp3) is 0.474. The molecule has 6 nitrogen and oxygen atoms in total. The van der Waals surface area contributed by atoms with Crippen molar-refractivity contribution in [2.45, 2.75) is 24.5 Å². The highest BCUT2D eigenvalue weighted by Crippen LogP contribution is 2.33. The summed E-state index contributed by atoms with van der Waals surface area (Å²) in [7, 11) is 0. The Kier molecular flexibility index (Phi) is 7.28. The van der Waals surface area contributed by atoms with Crippen LogP contribution >= 0.6 is 24.8 Å². The van der Waals surface area contributed by atoms with Crippen molar-refractivity contribution in [1.82, 2.24) is 14.7 Å². The third kappa shape index (κ3) is 3.85. The van der Waals surface area contributed by atoms with E-state index in [0.29, 0.717) is 11.5 Å². The van der Waals surface area contributed by atoms with Crippen LogP contribution < -0.4 is 0 Å². The van der Waals surface area contributed by atoms with Crippen molar-refractivity contribution in [2.75, 3.05) is 26.2 Å². The Hall–Kier alpha value is -1.60. The van der Waals surface area contributed by atoms with Crippen LogP contribution in [-0.2, 0) is 15.1 Å². The molecular formula is C19H25Cl2N3O3. The number of halogens is 2. The highest BCUT2D eigenvalue weighted by atomic mass is 35.5. The van der Waals surface area contributed by atoms with Crippen LogP contribution in [0.25, 0.3) is 0 Å². The summed E-state index contributed by atoms with van der Waals surface area (Å²) in [6, 6.07) is 11.0. The number of benzene rings is 1. The summed E-state index contributed by atoms with van der Waals surface area (Å²) in [6.45, 7) is 2.55. The standard InChI is InChI=1S/C19H23N3O3.2ClH/c23-14-19(22-10-4-9-20-22,16-5-2-1-3-6-16)18(24)25-17-13-21-11-7-15(17)8-12-21;;/h1-6,9-10,15,17,23H,7-8,11-14H2;2*1H. The number of nitrogens with zero attached hydrogens (tertiary/aromatic N) is 3. The lowest BCUT2D eigenvalue weighted by Gasteiger charge is -2.45. The normalized spacial score (nSPS) is 25.6. The Labute approximate surface area is 171 Å².